The third-order valence-corrected chi connectivity index (χ3v) is 4.89. The molecule has 1 N–H and O–H groups in total. The average molecular weight is 381 g/mol. The van der Waals surface area contributed by atoms with Crippen LogP contribution < -0.4 is 19.9 Å². The standard InChI is InChI=1S/C21H23N3O4/c1-15-6-7-19-18(12-15)24(21(26)14-28-19)13-20(25)22-16-4-2-3-5-17(16)23-8-10-27-11-9-23/h2-7,12H,8-11,13-14H2,1H3,(H,22,25). The number of para-hydroxylation sites is 2. The Morgan fingerprint density at radius 1 is 1.11 bits per heavy atom. The van der Waals surface area contributed by atoms with Crippen molar-refractivity contribution in [1.82, 2.24) is 0 Å². The molecule has 7 heteroatoms. The summed E-state index contributed by atoms with van der Waals surface area (Å²) in [6.45, 7) is 4.71. The number of morpholine rings is 1. The number of nitrogens with zero attached hydrogens (tertiary/aromatic N) is 2. The lowest BCUT2D eigenvalue weighted by Crippen LogP contribution is -2.43. The number of benzene rings is 2. The van der Waals surface area contributed by atoms with Crippen molar-refractivity contribution in [2.24, 2.45) is 0 Å². The summed E-state index contributed by atoms with van der Waals surface area (Å²) in [6.07, 6.45) is 0. The van der Waals surface area contributed by atoms with Crippen LogP contribution in [0.25, 0.3) is 0 Å². The van der Waals surface area contributed by atoms with Gasteiger partial charge in [-0.05, 0) is 36.8 Å². The molecule has 0 spiro atoms. The van der Waals surface area contributed by atoms with Gasteiger partial charge in [0, 0.05) is 13.1 Å². The number of hydrogen-bond donors (Lipinski definition) is 1. The quantitative estimate of drug-likeness (QED) is 0.879. The number of nitrogens with one attached hydrogen (secondary N) is 1. The van der Waals surface area contributed by atoms with Gasteiger partial charge in [0.25, 0.3) is 5.91 Å². The zero-order valence-electron chi connectivity index (χ0n) is 15.8. The normalized spacial score (nSPS) is 16.4. The molecule has 0 atom stereocenters. The molecule has 7 nitrogen and oxygen atoms in total. The van der Waals surface area contributed by atoms with Crippen molar-refractivity contribution >= 4 is 28.9 Å². The second-order valence-corrected chi connectivity index (χ2v) is 6.90. The number of rotatable bonds is 4. The van der Waals surface area contributed by atoms with Gasteiger partial charge in [-0.2, -0.15) is 0 Å². The van der Waals surface area contributed by atoms with E-state index in [0.29, 0.717) is 24.7 Å². The largest absolute Gasteiger partial charge is 0.482 e. The third kappa shape index (κ3) is 3.80. The summed E-state index contributed by atoms with van der Waals surface area (Å²) in [4.78, 5) is 28.8. The van der Waals surface area contributed by atoms with Gasteiger partial charge in [-0.25, -0.2) is 0 Å². The summed E-state index contributed by atoms with van der Waals surface area (Å²) in [6, 6.07) is 13.3. The summed E-state index contributed by atoms with van der Waals surface area (Å²) in [7, 11) is 0. The van der Waals surface area contributed by atoms with E-state index in [1.807, 2.05) is 49.4 Å². The highest BCUT2D eigenvalue weighted by Crippen LogP contribution is 2.33. The smallest absolute Gasteiger partial charge is 0.265 e. The van der Waals surface area contributed by atoms with Crippen molar-refractivity contribution in [3.05, 3.63) is 48.0 Å². The van der Waals surface area contributed by atoms with E-state index in [-0.39, 0.29) is 25.0 Å². The molecule has 1 fully saturated rings. The Morgan fingerprint density at radius 3 is 2.71 bits per heavy atom. The van der Waals surface area contributed by atoms with E-state index in [4.69, 9.17) is 9.47 Å². The minimum atomic E-state index is -0.247. The zero-order valence-corrected chi connectivity index (χ0v) is 15.8. The molecule has 2 aliphatic heterocycles. The number of fused-ring (bicyclic) bond motifs is 1. The molecule has 2 heterocycles. The second kappa shape index (κ2) is 7.90. The van der Waals surface area contributed by atoms with Crippen LogP contribution in [0.5, 0.6) is 5.75 Å². The monoisotopic (exact) mass is 381 g/mol. The topological polar surface area (TPSA) is 71.1 Å². The minimum absolute atomic E-state index is 0.0594. The average Bonchev–Trinajstić information content (AvgIpc) is 2.71. The van der Waals surface area contributed by atoms with Crippen molar-refractivity contribution < 1.29 is 19.1 Å². The molecule has 1 saturated heterocycles. The van der Waals surface area contributed by atoms with Crippen molar-refractivity contribution in [3.8, 4) is 5.75 Å². The highest BCUT2D eigenvalue weighted by molar-refractivity contribution is 6.05. The maximum atomic E-state index is 12.8. The van der Waals surface area contributed by atoms with E-state index in [1.165, 1.54) is 4.90 Å². The summed E-state index contributed by atoms with van der Waals surface area (Å²) in [5, 5.41) is 2.96. The van der Waals surface area contributed by atoms with Crippen LogP contribution >= 0.6 is 0 Å². The van der Waals surface area contributed by atoms with E-state index in [0.717, 1.165) is 30.0 Å². The Hall–Kier alpha value is -3.06. The fraction of sp³-hybridized carbons (Fsp3) is 0.333. The van der Waals surface area contributed by atoms with Crippen molar-refractivity contribution in [2.45, 2.75) is 6.92 Å². The number of carbonyl (C=O) groups excluding carboxylic acids is 2. The lowest BCUT2D eigenvalue weighted by atomic mass is 10.1. The molecule has 2 aliphatic rings. The summed E-state index contributed by atoms with van der Waals surface area (Å²) >= 11 is 0. The van der Waals surface area contributed by atoms with Crippen molar-refractivity contribution in [1.29, 1.82) is 0 Å². The van der Waals surface area contributed by atoms with Crippen LogP contribution in [0.15, 0.2) is 42.5 Å². The molecule has 0 aliphatic carbocycles. The molecule has 0 radical (unpaired) electrons. The van der Waals surface area contributed by atoms with Crippen LogP contribution in [0.4, 0.5) is 17.1 Å². The molecule has 146 valence electrons. The Kier molecular flexibility index (Phi) is 5.16. The highest BCUT2D eigenvalue weighted by atomic mass is 16.5. The molecule has 0 unspecified atom stereocenters. The van der Waals surface area contributed by atoms with Crippen LogP contribution in [0, 0.1) is 6.92 Å². The fourth-order valence-corrected chi connectivity index (χ4v) is 3.48. The predicted octanol–water partition coefficient (Wildman–Crippen LogP) is 2.20. The summed E-state index contributed by atoms with van der Waals surface area (Å²) in [5.74, 6) is 0.143. The van der Waals surface area contributed by atoms with E-state index in [1.54, 1.807) is 0 Å². The van der Waals surface area contributed by atoms with Gasteiger partial charge in [0.15, 0.2) is 6.61 Å². The molecule has 0 bridgehead atoms. The number of carbonyl (C=O) groups is 2. The van der Waals surface area contributed by atoms with Crippen LogP contribution in [0.2, 0.25) is 0 Å². The Bertz CT molecular complexity index is 893. The number of hydrogen-bond acceptors (Lipinski definition) is 5. The number of anilines is 3. The molecule has 2 aromatic carbocycles. The number of ether oxygens (including phenoxy) is 2. The first-order valence-corrected chi connectivity index (χ1v) is 9.37. The summed E-state index contributed by atoms with van der Waals surface area (Å²) in [5.41, 5.74) is 3.33. The first-order chi connectivity index (χ1) is 13.6. The lowest BCUT2D eigenvalue weighted by molar-refractivity contribution is -0.123. The van der Waals surface area contributed by atoms with Gasteiger partial charge in [0.05, 0.1) is 30.3 Å². The van der Waals surface area contributed by atoms with Gasteiger partial charge < -0.3 is 19.7 Å². The lowest BCUT2D eigenvalue weighted by Gasteiger charge is -2.31. The molecule has 0 saturated carbocycles. The Morgan fingerprint density at radius 2 is 1.89 bits per heavy atom. The molecule has 2 amide bonds. The third-order valence-electron chi connectivity index (χ3n) is 4.89. The van der Waals surface area contributed by atoms with Crippen molar-refractivity contribution in [3.63, 3.8) is 0 Å². The first-order valence-electron chi connectivity index (χ1n) is 9.37. The van der Waals surface area contributed by atoms with Crippen LogP contribution in [-0.4, -0.2) is 51.3 Å². The van der Waals surface area contributed by atoms with Crippen molar-refractivity contribution in [2.75, 3.05) is 54.6 Å². The van der Waals surface area contributed by atoms with Gasteiger partial charge in [-0.3, -0.25) is 14.5 Å². The molecular formula is C21H23N3O4. The van der Waals surface area contributed by atoms with Crippen LogP contribution in [0.1, 0.15) is 5.56 Å². The van der Waals surface area contributed by atoms with Gasteiger partial charge in [0.1, 0.15) is 12.3 Å². The fourth-order valence-electron chi connectivity index (χ4n) is 3.48. The number of aryl methyl sites for hydroxylation is 1. The first kappa shape index (κ1) is 18.3. The SMILES string of the molecule is Cc1ccc2c(c1)N(CC(=O)Nc1ccccc1N1CCOCC1)C(=O)CO2. The molecule has 2 aromatic rings. The van der Waals surface area contributed by atoms with E-state index < -0.39 is 0 Å². The van der Waals surface area contributed by atoms with Gasteiger partial charge in [-0.15, -0.1) is 0 Å². The maximum Gasteiger partial charge on any atom is 0.265 e. The Labute approximate surface area is 163 Å². The van der Waals surface area contributed by atoms with E-state index in [2.05, 4.69) is 10.2 Å². The number of amides is 2. The molecule has 0 aromatic heterocycles. The van der Waals surface area contributed by atoms with Gasteiger partial charge in [-0.1, -0.05) is 18.2 Å². The van der Waals surface area contributed by atoms with E-state index >= 15 is 0 Å². The van der Waals surface area contributed by atoms with Crippen LogP contribution in [0.3, 0.4) is 0 Å². The maximum absolute atomic E-state index is 12.8. The molecular weight excluding hydrogens is 358 g/mol. The molecule has 4 rings (SSSR count). The minimum Gasteiger partial charge on any atom is -0.482 e. The zero-order chi connectivity index (χ0) is 19.5. The molecule has 28 heavy (non-hydrogen) atoms. The highest BCUT2D eigenvalue weighted by Gasteiger charge is 2.27. The van der Waals surface area contributed by atoms with Gasteiger partial charge in [0.2, 0.25) is 5.91 Å². The van der Waals surface area contributed by atoms with E-state index in [9.17, 15) is 9.59 Å². The van der Waals surface area contributed by atoms with Crippen LogP contribution in [-0.2, 0) is 14.3 Å². The second-order valence-electron chi connectivity index (χ2n) is 6.90. The van der Waals surface area contributed by atoms with Gasteiger partial charge >= 0.3 is 0 Å². The Balaban J connectivity index is 1.51. The summed E-state index contributed by atoms with van der Waals surface area (Å²) < 4.78 is 10.9. The predicted molar refractivity (Wildman–Crippen MR) is 107 cm³/mol.